The molecule has 1 aromatic heterocycles. The molecule has 0 radical (unpaired) electrons. The maximum absolute atomic E-state index is 11.8. The Morgan fingerprint density at radius 1 is 1.36 bits per heavy atom. The van der Waals surface area contributed by atoms with Gasteiger partial charge in [-0.3, -0.25) is 5.43 Å². The molecule has 0 aliphatic heterocycles. The number of aromatic nitrogens is 1. The molecule has 122 valence electrons. The minimum absolute atomic E-state index is 0.0884. The molecule has 1 aromatic rings. The highest BCUT2D eigenvalue weighted by Crippen LogP contribution is 2.18. The largest absolute Gasteiger partial charge is 0.465 e. The van der Waals surface area contributed by atoms with E-state index in [1.807, 2.05) is 0 Å². The van der Waals surface area contributed by atoms with Crippen LogP contribution in [-0.4, -0.2) is 29.8 Å². The van der Waals surface area contributed by atoms with Crippen molar-refractivity contribution in [3.63, 3.8) is 0 Å². The number of carbonyl (C=O) groups excluding carboxylic acids is 2. The van der Waals surface area contributed by atoms with E-state index in [9.17, 15) is 9.59 Å². The van der Waals surface area contributed by atoms with Gasteiger partial charge in [-0.25, -0.2) is 20.0 Å². The zero-order valence-corrected chi connectivity index (χ0v) is 14.0. The highest BCUT2D eigenvalue weighted by Gasteiger charge is 2.19. The molecule has 0 aliphatic rings. The second-order valence-corrected chi connectivity index (χ2v) is 5.94. The van der Waals surface area contributed by atoms with E-state index >= 15 is 0 Å². The highest BCUT2D eigenvalue weighted by molar-refractivity contribution is 6.29. The topological polar surface area (TPSA) is 89.5 Å². The molecule has 1 amide bonds. The van der Waals surface area contributed by atoms with Crippen molar-refractivity contribution in [2.75, 3.05) is 7.11 Å². The van der Waals surface area contributed by atoms with Crippen molar-refractivity contribution in [2.45, 2.75) is 39.8 Å². The molecular weight excluding hydrogens is 310 g/mol. The minimum Gasteiger partial charge on any atom is -0.465 e. The number of rotatable bonds is 4. The average Bonchev–Trinajstić information content (AvgIpc) is 2.35. The van der Waals surface area contributed by atoms with Crippen LogP contribution in [0.3, 0.4) is 0 Å². The van der Waals surface area contributed by atoms with Crippen LogP contribution in [0.15, 0.2) is 6.07 Å². The zero-order chi connectivity index (χ0) is 16.9. The summed E-state index contributed by atoms with van der Waals surface area (Å²) in [5.74, 6) is -0.518. The van der Waals surface area contributed by atoms with E-state index in [4.69, 9.17) is 21.1 Å². The second-order valence-electron chi connectivity index (χ2n) is 5.56. The van der Waals surface area contributed by atoms with Gasteiger partial charge in [-0.15, -0.1) is 0 Å². The molecule has 22 heavy (non-hydrogen) atoms. The van der Waals surface area contributed by atoms with Gasteiger partial charge in [0.15, 0.2) is 0 Å². The third kappa shape index (κ3) is 5.50. The third-order valence-corrected chi connectivity index (χ3v) is 2.69. The molecule has 7 nitrogen and oxygen atoms in total. The molecule has 2 N–H and O–H groups in total. The molecule has 0 spiro atoms. The van der Waals surface area contributed by atoms with E-state index in [-0.39, 0.29) is 11.7 Å². The molecule has 0 fully saturated rings. The number of hydrogen-bond donors (Lipinski definition) is 2. The summed E-state index contributed by atoms with van der Waals surface area (Å²) in [7, 11) is 1.28. The van der Waals surface area contributed by atoms with Crippen molar-refractivity contribution >= 4 is 23.7 Å². The normalized spacial score (nSPS) is 11.0. The predicted molar refractivity (Wildman–Crippen MR) is 81.5 cm³/mol. The van der Waals surface area contributed by atoms with Gasteiger partial charge in [0.2, 0.25) is 0 Å². The second kappa shape index (κ2) is 7.42. The Labute approximate surface area is 134 Å². The Hall–Kier alpha value is -1.86. The Morgan fingerprint density at radius 2 is 2.00 bits per heavy atom. The number of methoxy groups -OCH3 is 1. The number of carbonyl (C=O) groups is 2. The predicted octanol–water partition coefficient (Wildman–Crippen LogP) is 2.36. The molecule has 0 bridgehead atoms. The van der Waals surface area contributed by atoms with E-state index in [1.165, 1.54) is 7.11 Å². The summed E-state index contributed by atoms with van der Waals surface area (Å²) in [6, 6.07) is 1.57. The average molecular weight is 330 g/mol. The van der Waals surface area contributed by atoms with Gasteiger partial charge in [0.25, 0.3) is 0 Å². The molecule has 8 heteroatoms. The smallest absolute Gasteiger partial charge is 0.422 e. The lowest BCUT2D eigenvalue weighted by Crippen LogP contribution is -2.41. The first-order valence-corrected chi connectivity index (χ1v) is 6.98. The summed E-state index contributed by atoms with van der Waals surface area (Å²) < 4.78 is 9.80. The van der Waals surface area contributed by atoms with Crippen molar-refractivity contribution in [1.82, 2.24) is 15.8 Å². The zero-order valence-electron chi connectivity index (χ0n) is 13.2. The number of esters is 1. The van der Waals surface area contributed by atoms with Crippen LogP contribution >= 0.6 is 11.6 Å². The number of pyridine rings is 1. The lowest BCUT2D eigenvalue weighted by Gasteiger charge is -2.20. The Balaban J connectivity index is 2.77. The molecule has 0 aromatic carbocycles. The number of hydrazine groups is 1. The lowest BCUT2D eigenvalue weighted by atomic mass is 10.1. The third-order valence-electron chi connectivity index (χ3n) is 2.49. The molecule has 0 saturated carbocycles. The van der Waals surface area contributed by atoms with Gasteiger partial charge in [0.1, 0.15) is 10.8 Å². The Bertz CT molecular complexity index is 570. The summed E-state index contributed by atoms with van der Waals surface area (Å²) >= 11 is 5.90. The van der Waals surface area contributed by atoms with Crippen LogP contribution in [0.5, 0.6) is 0 Å². The van der Waals surface area contributed by atoms with Crippen molar-refractivity contribution in [3.05, 3.63) is 28.0 Å². The van der Waals surface area contributed by atoms with Crippen LogP contribution < -0.4 is 10.9 Å². The standard InChI is InChI=1S/C14H20ClN3O4/c1-8-6-10(15)17-9(11(8)12(19)21-5)7-16-18-13(20)22-14(2,3)4/h6,16H,7H2,1-5H3,(H,18,20). The SMILES string of the molecule is COC(=O)c1c(C)cc(Cl)nc1CNNC(=O)OC(C)(C)C. The fourth-order valence-electron chi connectivity index (χ4n) is 1.71. The number of amides is 1. The van der Waals surface area contributed by atoms with E-state index < -0.39 is 17.7 Å². The van der Waals surface area contributed by atoms with Crippen molar-refractivity contribution in [3.8, 4) is 0 Å². The van der Waals surface area contributed by atoms with Crippen LogP contribution in [0.25, 0.3) is 0 Å². The summed E-state index contributed by atoms with van der Waals surface area (Å²) in [6.07, 6.45) is -0.633. The van der Waals surface area contributed by atoms with Crippen molar-refractivity contribution < 1.29 is 19.1 Å². The van der Waals surface area contributed by atoms with Gasteiger partial charge >= 0.3 is 12.1 Å². The first kappa shape index (κ1) is 18.2. The van der Waals surface area contributed by atoms with Crippen LogP contribution in [0.2, 0.25) is 5.15 Å². The number of aryl methyl sites for hydroxylation is 1. The van der Waals surface area contributed by atoms with Crippen molar-refractivity contribution in [2.24, 2.45) is 0 Å². The van der Waals surface area contributed by atoms with Gasteiger partial charge in [0, 0.05) is 0 Å². The van der Waals surface area contributed by atoms with Crippen LogP contribution in [0.4, 0.5) is 4.79 Å². The lowest BCUT2D eigenvalue weighted by molar-refractivity contribution is 0.0496. The molecule has 0 saturated heterocycles. The number of nitrogens with zero attached hydrogens (tertiary/aromatic N) is 1. The number of hydrogen-bond acceptors (Lipinski definition) is 6. The molecule has 0 atom stereocenters. The Morgan fingerprint density at radius 3 is 2.55 bits per heavy atom. The van der Waals surface area contributed by atoms with E-state index in [0.717, 1.165) is 0 Å². The fraction of sp³-hybridized carbons (Fsp3) is 0.500. The highest BCUT2D eigenvalue weighted by atomic mass is 35.5. The monoisotopic (exact) mass is 329 g/mol. The summed E-state index contributed by atoms with van der Waals surface area (Å²) in [5, 5.41) is 0.249. The maximum Gasteiger partial charge on any atom is 0.422 e. The molecule has 1 heterocycles. The molecule has 1 rings (SSSR count). The number of halogens is 1. The maximum atomic E-state index is 11.8. The van der Waals surface area contributed by atoms with Gasteiger partial charge in [-0.2, -0.15) is 0 Å². The molecule has 0 unspecified atom stereocenters. The summed E-state index contributed by atoms with van der Waals surface area (Å²) in [5.41, 5.74) is 5.72. The molecule has 0 aliphatic carbocycles. The van der Waals surface area contributed by atoms with Crippen molar-refractivity contribution in [1.29, 1.82) is 0 Å². The van der Waals surface area contributed by atoms with Crippen LogP contribution in [0.1, 0.15) is 42.4 Å². The first-order valence-electron chi connectivity index (χ1n) is 6.60. The number of ether oxygens (including phenoxy) is 2. The summed E-state index contributed by atoms with van der Waals surface area (Å²) in [4.78, 5) is 27.4. The van der Waals surface area contributed by atoms with Gasteiger partial charge in [-0.05, 0) is 39.3 Å². The first-order chi connectivity index (χ1) is 10.1. The van der Waals surface area contributed by atoms with E-state index in [0.29, 0.717) is 16.8 Å². The van der Waals surface area contributed by atoms with Crippen LogP contribution in [-0.2, 0) is 16.0 Å². The van der Waals surface area contributed by atoms with E-state index in [2.05, 4.69) is 15.8 Å². The fourth-order valence-corrected chi connectivity index (χ4v) is 1.97. The van der Waals surface area contributed by atoms with Gasteiger partial charge in [0.05, 0.1) is 24.9 Å². The number of nitrogens with one attached hydrogen (secondary N) is 2. The minimum atomic E-state index is -0.633. The Kier molecular flexibility index (Phi) is 6.13. The van der Waals surface area contributed by atoms with Gasteiger partial charge in [-0.1, -0.05) is 11.6 Å². The van der Waals surface area contributed by atoms with Gasteiger partial charge < -0.3 is 9.47 Å². The summed E-state index contributed by atoms with van der Waals surface area (Å²) in [6.45, 7) is 7.08. The van der Waals surface area contributed by atoms with Crippen LogP contribution in [0, 0.1) is 6.92 Å². The van der Waals surface area contributed by atoms with E-state index in [1.54, 1.807) is 33.8 Å². The quantitative estimate of drug-likeness (QED) is 0.501. The molecular formula is C14H20ClN3O4.